The molecule has 38 heavy (non-hydrogen) atoms. The predicted octanol–water partition coefficient (Wildman–Crippen LogP) is 7.96. The average Bonchev–Trinajstić information content (AvgIpc) is 3.36. The van der Waals surface area contributed by atoms with Crippen molar-refractivity contribution in [1.29, 1.82) is 5.26 Å². The van der Waals surface area contributed by atoms with Gasteiger partial charge in [0.05, 0.1) is 10.2 Å². The maximum Gasteiger partial charge on any atom is 0.149 e. The minimum atomic E-state index is 0.594. The Kier molecular flexibility index (Phi) is 6.28. The second-order valence-electron chi connectivity index (χ2n) is 8.95. The SMILES string of the molecule is CCN(CC)c1nc2c(sc3nnc(-c4ccccc4)c(-c4ccccc4)c32)c(-c2ccccc2)c1C#N. The average molecular weight is 512 g/mol. The monoisotopic (exact) mass is 511 g/mol. The first-order valence-electron chi connectivity index (χ1n) is 12.7. The number of benzene rings is 3. The molecule has 0 amide bonds. The Morgan fingerprint density at radius 3 is 1.84 bits per heavy atom. The lowest BCUT2D eigenvalue weighted by Crippen LogP contribution is -2.24. The van der Waals surface area contributed by atoms with Crippen molar-refractivity contribution in [3.05, 3.63) is 96.6 Å². The Balaban J connectivity index is 1.82. The summed E-state index contributed by atoms with van der Waals surface area (Å²) < 4.78 is 0.954. The molecule has 0 N–H and O–H groups in total. The molecule has 0 bridgehead atoms. The first-order chi connectivity index (χ1) is 18.7. The first-order valence-corrected chi connectivity index (χ1v) is 13.5. The Hall–Kier alpha value is -4.60. The lowest BCUT2D eigenvalue weighted by molar-refractivity contribution is 0.848. The van der Waals surface area contributed by atoms with Crippen molar-refractivity contribution in [2.24, 2.45) is 0 Å². The molecule has 0 aliphatic heterocycles. The van der Waals surface area contributed by atoms with E-state index in [1.807, 2.05) is 54.6 Å². The van der Waals surface area contributed by atoms with Gasteiger partial charge in [-0.25, -0.2) is 4.98 Å². The highest BCUT2D eigenvalue weighted by Crippen LogP contribution is 2.47. The number of fused-ring (bicyclic) bond motifs is 3. The molecular formula is C32H25N5S. The summed E-state index contributed by atoms with van der Waals surface area (Å²) in [5, 5.41) is 20.9. The van der Waals surface area contributed by atoms with E-state index in [9.17, 15) is 5.26 Å². The molecule has 0 atom stereocenters. The maximum atomic E-state index is 10.4. The topological polar surface area (TPSA) is 65.7 Å². The largest absolute Gasteiger partial charge is 0.356 e. The van der Waals surface area contributed by atoms with Gasteiger partial charge in [0.2, 0.25) is 0 Å². The van der Waals surface area contributed by atoms with Crippen LogP contribution in [0.1, 0.15) is 19.4 Å². The molecule has 3 heterocycles. The van der Waals surface area contributed by atoms with Gasteiger partial charge in [0, 0.05) is 35.2 Å². The number of hydrogen-bond acceptors (Lipinski definition) is 6. The molecule has 0 aliphatic carbocycles. The van der Waals surface area contributed by atoms with Crippen molar-refractivity contribution in [3.8, 4) is 39.6 Å². The van der Waals surface area contributed by atoms with E-state index in [1.54, 1.807) is 11.3 Å². The zero-order chi connectivity index (χ0) is 26.1. The molecule has 0 unspecified atom stereocenters. The quantitative estimate of drug-likeness (QED) is 0.227. The van der Waals surface area contributed by atoms with Crippen molar-refractivity contribution in [3.63, 3.8) is 0 Å². The third kappa shape index (κ3) is 3.89. The highest BCUT2D eigenvalue weighted by Gasteiger charge is 2.26. The van der Waals surface area contributed by atoms with Gasteiger partial charge in [-0.15, -0.1) is 21.5 Å². The molecule has 5 nitrogen and oxygen atoms in total. The highest BCUT2D eigenvalue weighted by molar-refractivity contribution is 7.26. The predicted molar refractivity (Wildman–Crippen MR) is 157 cm³/mol. The standard InChI is InChI=1S/C32H25N5S/c1-3-37(4-2)31-24(20-33)25(21-14-8-5-9-15-21)30-29(34-31)27-26(22-16-10-6-11-17-22)28(35-36-32(27)38-30)23-18-12-7-13-19-23/h5-19H,3-4H2,1-2H3. The molecule has 0 aliphatic rings. The number of nitrogens with zero attached hydrogens (tertiary/aromatic N) is 5. The molecular weight excluding hydrogens is 486 g/mol. The Morgan fingerprint density at radius 2 is 1.29 bits per heavy atom. The van der Waals surface area contributed by atoms with Crippen LogP contribution in [0.2, 0.25) is 0 Å². The number of nitriles is 1. The molecule has 0 spiro atoms. The summed E-state index contributed by atoms with van der Waals surface area (Å²) >= 11 is 1.56. The minimum Gasteiger partial charge on any atom is -0.356 e. The van der Waals surface area contributed by atoms with Crippen LogP contribution in [-0.2, 0) is 0 Å². The fourth-order valence-electron chi connectivity index (χ4n) is 5.06. The van der Waals surface area contributed by atoms with E-state index in [0.717, 1.165) is 67.0 Å². The molecule has 0 radical (unpaired) electrons. The number of anilines is 1. The third-order valence-electron chi connectivity index (χ3n) is 6.86. The Morgan fingerprint density at radius 1 is 0.737 bits per heavy atom. The highest BCUT2D eigenvalue weighted by atomic mass is 32.1. The fourth-order valence-corrected chi connectivity index (χ4v) is 6.20. The van der Waals surface area contributed by atoms with E-state index in [0.29, 0.717) is 11.4 Å². The summed E-state index contributed by atoms with van der Waals surface area (Å²) in [4.78, 5) is 8.19. The molecule has 0 saturated carbocycles. The van der Waals surface area contributed by atoms with Crippen LogP contribution in [0.25, 0.3) is 53.9 Å². The van der Waals surface area contributed by atoms with Crippen LogP contribution in [0.5, 0.6) is 0 Å². The number of aromatic nitrogens is 3. The van der Waals surface area contributed by atoms with Gasteiger partial charge in [0.15, 0.2) is 0 Å². The fraction of sp³-hybridized carbons (Fsp3) is 0.125. The number of thiophene rings is 1. The van der Waals surface area contributed by atoms with Gasteiger partial charge in [-0.1, -0.05) is 91.0 Å². The number of hydrogen-bond donors (Lipinski definition) is 0. The maximum absolute atomic E-state index is 10.4. The van der Waals surface area contributed by atoms with Gasteiger partial charge >= 0.3 is 0 Å². The van der Waals surface area contributed by atoms with Gasteiger partial charge in [-0.05, 0) is 25.0 Å². The van der Waals surface area contributed by atoms with E-state index in [-0.39, 0.29) is 0 Å². The summed E-state index contributed by atoms with van der Waals surface area (Å²) in [6.45, 7) is 5.69. The van der Waals surface area contributed by atoms with Crippen LogP contribution >= 0.6 is 11.3 Å². The molecule has 6 aromatic rings. The van der Waals surface area contributed by atoms with Crippen molar-refractivity contribution in [2.75, 3.05) is 18.0 Å². The smallest absolute Gasteiger partial charge is 0.149 e. The van der Waals surface area contributed by atoms with Crippen LogP contribution in [0.4, 0.5) is 5.82 Å². The van der Waals surface area contributed by atoms with Crippen molar-refractivity contribution in [1.82, 2.24) is 15.2 Å². The second-order valence-corrected chi connectivity index (χ2v) is 9.95. The third-order valence-corrected chi connectivity index (χ3v) is 7.94. The second kappa shape index (κ2) is 10.0. The van der Waals surface area contributed by atoms with Crippen molar-refractivity contribution >= 4 is 37.6 Å². The van der Waals surface area contributed by atoms with E-state index >= 15 is 0 Å². The lowest BCUT2D eigenvalue weighted by Gasteiger charge is -2.23. The van der Waals surface area contributed by atoms with Crippen LogP contribution in [0, 0.1) is 11.3 Å². The summed E-state index contributed by atoms with van der Waals surface area (Å²) in [6.07, 6.45) is 0. The molecule has 6 rings (SSSR count). The number of rotatable bonds is 6. The molecule has 0 fully saturated rings. The van der Waals surface area contributed by atoms with Gasteiger partial charge in [-0.2, -0.15) is 5.26 Å². The van der Waals surface area contributed by atoms with E-state index in [1.165, 1.54) is 0 Å². The van der Waals surface area contributed by atoms with E-state index in [2.05, 4.69) is 61.2 Å². The first kappa shape index (κ1) is 23.8. The van der Waals surface area contributed by atoms with Gasteiger partial charge in [0.1, 0.15) is 28.0 Å². The zero-order valence-electron chi connectivity index (χ0n) is 21.2. The molecule has 3 aromatic carbocycles. The normalized spacial score (nSPS) is 11.1. The lowest BCUT2D eigenvalue weighted by atomic mass is 9.95. The summed E-state index contributed by atoms with van der Waals surface area (Å²) in [7, 11) is 0. The van der Waals surface area contributed by atoms with E-state index < -0.39 is 0 Å². The Bertz CT molecular complexity index is 1790. The zero-order valence-corrected chi connectivity index (χ0v) is 22.0. The van der Waals surface area contributed by atoms with E-state index in [4.69, 9.17) is 15.2 Å². The molecule has 184 valence electrons. The van der Waals surface area contributed by atoms with Crippen LogP contribution in [0.15, 0.2) is 91.0 Å². The minimum absolute atomic E-state index is 0.594. The molecule has 6 heteroatoms. The van der Waals surface area contributed by atoms with Crippen LogP contribution in [-0.4, -0.2) is 28.3 Å². The summed E-state index contributed by atoms with van der Waals surface area (Å²) in [5.41, 5.74) is 7.24. The Labute approximate surface area is 225 Å². The summed E-state index contributed by atoms with van der Waals surface area (Å²) in [5.74, 6) is 0.709. The van der Waals surface area contributed by atoms with Gasteiger partial charge < -0.3 is 4.90 Å². The van der Waals surface area contributed by atoms with Gasteiger partial charge in [0.25, 0.3) is 0 Å². The molecule has 0 saturated heterocycles. The van der Waals surface area contributed by atoms with Crippen molar-refractivity contribution in [2.45, 2.75) is 13.8 Å². The van der Waals surface area contributed by atoms with Gasteiger partial charge in [-0.3, -0.25) is 0 Å². The van der Waals surface area contributed by atoms with Crippen molar-refractivity contribution < 1.29 is 0 Å². The molecule has 3 aromatic heterocycles. The number of pyridine rings is 1. The summed E-state index contributed by atoms with van der Waals surface area (Å²) in [6, 6.07) is 33.1. The van der Waals surface area contributed by atoms with Crippen LogP contribution < -0.4 is 4.90 Å². The van der Waals surface area contributed by atoms with Crippen LogP contribution in [0.3, 0.4) is 0 Å².